The monoisotopic (exact) mass is 288 g/mol. The summed E-state index contributed by atoms with van der Waals surface area (Å²) in [5.41, 5.74) is 6.78. The number of rotatable bonds is 3. The van der Waals surface area contributed by atoms with Crippen LogP contribution in [0.5, 0.6) is 11.5 Å². The van der Waals surface area contributed by atoms with Crippen LogP contribution in [0.4, 0.5) is 5.82 Å². The number of methoxy groups -OCH3 is 1. The average molecular weight is 288 g/mol. The van der Waals surface area contributed by atoms with E-state index < -0.39 is 0 Å². The van der Waals surface area contributed by atoms with Gasteiger partial charge >= 0.3 is 0 Å². The fourth-order valence-electron chi connectivity index (χ4n) is 2.67. The Hall–Kier alpha value is -2.08. The van der Waals surface area contributed by atoms with Crippen molar-refractivity contribution in [2.24, 2.45) is 0 Å². The second kappa shape index (κ2) is 5.73. The molecule has 0 bridgehead atoms. The largest absolute Gasteiger partial charge is 0.493 e. The molecule has 21 heavy (non-hydrogen) atoms. The molecule has 2 N–H and O–H groups in total. The van der Waals surface area contributed by atoms with Crippen LogP contribution >= 0.6 is 0 Å². The van der Waals surface area contributed by atoms with Crippen molar-refractivity contribution in [3.8, 4) is 11.5 Å². The molecule has 6 heteroatoms. The lowest BCUT2D eigenvalue weighted by Crippen LogP contribution is -2.35. The lowest BCUT2D eigenvalue weighted by Gasteiger charge is -2.30. The number of piperidine rings is 1. The molecule has 1 fully saturated rings. The van der Waals surface area contributed by atoms with Gasteiger partial charge in [-0.3, -0.25) is 0 Å². The average Bonchev–Trinajstić information content (AvgIpc) is 2.50. The van der Waals surface area contributed by atoms with Gasteiger partial charge in [0.1, 0.15) is 18.2 Å². The topological polar surface area (TPSA) is 73.5 Å². The first kappa shape index (κ1) is 13.9. The van der Waals surface area contributed by atoms with Crippen LogP contribution in [0.25, 0.3) is 10.9 Å². The van der Waals surface area contributed by atoms with E-state index in [1.807, 2.05) is 12.1 Å². The molecule has 6 nitrogen and oxygen atoms in total. The van der Waals surface area contributed by atoms with Crippen molar-refractivity contribution >= 4 is 16.7 Å². The Bertz CT molecular complexity index is 639. The summed E-state index contributed by atoms with van der Waals surface area (Å²) < 4.78 is 11.6. The molecular weight excluding hydrogens is 268 g/mol. The van der Waals surface area contributed by atoms with Gasteiger partial charge in [-0.15, -0.1) is 0 Å². The quantitative estimate of drug-likeness (QED) is 0.926. The number of aromatic nitrogens is 2. The van der Waals surface area contributed by atoms with E-state index in [2.05, 4.69) is 21.9 Å². The molecule has 0 spiro atoms. The predicted molar refractivity (Wildman–Crippen MR) is 81.6 cm³/mol. The van der Waals surface area contributed by atoms with Gasteiger partial charge in [0.05, 0.1) is 18.0 Å². The molecule has 1 aromatic carbocycles. The normalized spacial score (nSPS) is 17.0. The Labute approximate surface area is 123 Å². The molecule has 0 atom stereocenters. The van der Waals surface area contributed by atoms with Crippen LogP contribution in [-0.2, 0) is 0 Å². The number of hydrogen-bond donors (Lipinski definition) is 1. The standard InChI is InChI=1S/C15H20N4O2/c1-19-7-5-10(6-8-19)21-14-12(20-2)4-3-11-13(14)15(16)18-9-17-11/h3-4,9-10H,5-8H2,1-2H3,(H2,16,17,18). The number of fused-ring (bicyclic) bond motifs is 1. The zero-order valence-corrected chi connectivity index (χ0v) is 12.4. The number of benzene rings is 1. The van der Waals surface area contributed by atoms with Crippen molar-refractivity contribution < 1.29 is 9.47 Å². The van der Waals surface area contributed by atoms with Gasteiger partial charge in [0, 0.05) is 13.1 Å². The predicted octanol–water partition coefficient (Wildman–Crippen LogP) is 1.69. The zero-order chi connectivity index (χ0) is 14.8. The third kappa shape index (κ3) is 2.71. The molecule has 3 rings (SSSR count). The van der Waals surface area contributed by atoms with Gasteiger partial charge in [-0.05, 0) is 32.0 Å². The fourth-order valence-corrected chi connectivity index (χ4v) is 2.67. The molecular formula is C15H20N4O2. The molecule has 0 saturated carbocycles. The molecule has 1 aromatic heterocycles. The van der Waals surface area contributed by atoms with Crippen LogP contribution in [-0.4, -0.2) is 48.2 Å². The summed E-state index contributed by atoms with van der Waals surface area (Å²) >= 11 is 0. The number of nitrogens with two attached hydrogens (primary N) is 1. The van der Waals surface area contributed by atoms with E-state index in [0.29, 0.717) is 17.3 Å². The van der Waals surface area contributed by atoms with E-state index in [0.717, 1.165) is 36.8 Å². The summed E-state index contributed by atoms with van der Waals surface area (Å²) in [6.07, 6.45) is 3.61. The highest BCUT2D eigenvalue weighted by atomic mass is 16.5. The van der Waals surface area contributed by atoms with Gasteiger partial charge in [0.2, 0.25) is 0 Å². The van der Waals surface area contributed by atoms with Gasteiger partial charge in [-0.1, -0.05) is 0 Å². The minimum Gasteiger partial charge on any atom is -0.493 e. The van der Waals surface area contributed by atoms with E-state index >= 15 is 0 Å². The number of anilines is 1. The van der Waals surface area contributed by atoms with Crippen LogP contribution in [0.15, 0.2) is 18.5 Å². The molecule has 0 aliphatic carbocycles. The highest BCUT2D eigenvalue weighted by Crippen LogP contribution is 2.38. The maximum Gasteiger partial charge on any atom is 0.174 e. The van der Waals surface area contributed by atoms with Crippen LogP contribution < -0.4 is 15.2 Å². The van der Waals surface area contributed by atoms with Crippen molar-refractivity contribution in [3.63, 3.8) is 0 Å². The molecule has 0 unspecified atom stereocenters. The van der Waals surface area contributed by atoms with Gasteiger partial charge in [-0.25, -0.2) is 9.97 Å². The molecule has 2 aromatic rings. The minimum absolute atomic E-state index is 0.167. The molecule has 0 radical (unpaired) electrons. The Kier molecular flexibility index (Phi) is 3.79. The zero-order valence-electron chi connectivity index (χ0n) is 12.4. The van der Waals surface area contributed by atoms with Crippen LogP contribution in [0.3, 0.4) is 0 Å². The number of likely N-dealkylation sites (tertiary alicyclic amines) is 1. The number of nitrogens with zero attached hydrogens (tertiary/aromatic N) is 3. The molecule has 1 saturated heterocycles. The fraction of sp³-hybridized carbons (Fsp3) is 0.467. The van der Waals surface area contributed by atoms with Gasteiger partial charge in [-0.2, -0.15) is 0 Å². The smallest absolute Gasteiger partial charge is 0.174 e. The Morgan fingerprint density at radius 1 is 1.24 bits per heavy atom. The van der Waals surface area contributed by atoms with Crippen LogP contribution in [0.1, 0.15) is 12.8 Å². The summed E-state index contributed by atoms with van der Waals surface area (Å²) in [6.45, 7) is 2.06. The highest BCUT2D eigenvalue weighted by molar-refractivity contribution is 5.95. The first-order valence-electron chi connectivity index (χ1n) is 7.11. The van der Waals surface area contributed by atoms with Crippen molar-refractivity contribution in [2.75, 3.05) is 33.0 Å². The molecule has 112 valence electrons. The summed E-state index contributed by atoms with van der Waals surface area (Å²) in [5, 5.41) is 0.732. The number of ether oxygens (including phenoxy) is 2. The summed E-state index contributed by atoms with van der Waals surface area (Å²) in [5.74, 6) is 1.74. The molecule has 2 heterocycles. The SMILES string of the molecule is COc1ccc2ncnc(N)c2c1OC1CCN(C)CC1. The molecule has 1 aliphatic rings. The van der Waals surface area contributed by atoms with Crippen molar-refractivity contribution in [3.05, 3.63) is 18.5 Å². The first-order valence-corrected chi connectivity index (χ1v) is 7.11. The summed E-state index contributed by atoms with van der Waals surface area (Å²) in [7, 11) is 3.75. The maximum atomic E-state index is 6.21. The van der Waals surface area contributed by atoms with Gasteiger partial charge in [0.15, 0.2) is 11.5 Å². The maximum absolute atomic E-state index is 6.21. The highest BCUT2D eigenvalue weighted by Gasteiger charge is 2.22. The van der Waals surface area contributed by atoms with E-state index in [1.165, 1.54) is 6.33 Å². The Morgan fingerprint density at radius 2 is 2.00 bits per heavy atom. The lowest BCUT2D eigenvalue weighted by atomic mass is 10.1. The second-order valence-electron chi connectivity index (χ2n) is 5.37. The number of hydrogen-bond acceptors (Lipinski definition) is 6. The number of nitrogen functional groups attached to an aromatic ring is 1. The van der Waals surface area contributed by atoms with Crippen molar-refractivity contribution in [2.45, 2.75) is 18.9 Å². The third-order valence-electron chi connectivity index (χ3n) is 3.92. The minimum atomic E-state index is 0.167. The summed E-state index contributed by atoms with van der Waals surface area (Å²) in [6, 6.07) is 3.73. The molecule has 0 amide bonds. The lowest BCUT2D eigenvalue weighted by molar-refractivity contribution is 0.112. The van der Waals surface area contributed by atoms with Crippen LogP contribution in [0.2, 0.25) is 0 Å². The van der Waals surface area contributed by atoms with Crippen molar-refractivity contribution in [1.82, 2.24) is 14.9 Å². The van der Waals surface area contributed by atoms with E-state index in [4.69, 9.17) is 15.2 Å². The van der Waals surface area contributed by atoms with E-state index in [-0.39, 0.29) is 6.10 Å². The van der Waals surface area contributed by atoms with E-state index in [1.54, 1.807) is 7.11 Å². The van der Waals surface area contributed by atoms with Crippen molar-refractivity contribution in [1.29, 1.82) is 0 Å². The van der Waals surface area contributed by atoms with E-state index in [9.17, 15) is 0 Å². The Morgan fingerprint density at radius 3 is 2.71 bits per heavy atom. The molecule has 1 aliphatic heterocycles. The second-order valence-corrected chi connectivity index (χ2v) is 5.37. The summed E-state index contributed by atoms with van der Waals surface area (Å²) in [4.78, 5) is 10.6. The van der Waals surface area contributed by atoms with Crippen LogP contribution in [0, 0.1) is 0 Å². The van der Waals surface area contributed by atoms with Gasteiger partial charge in [0.25, 0.3) is 0 Å². The third-order valence-corrected chi connectivity index (χ3v) is 3.92. The first-order chi connectivity index (χ1) is 10.2. The van der Waals surface area contributed by atoms with Gasteiger partial charge < -0.3 is 20.1 Å². The Balaban J connectivity index is 1.99.